The summed E-state index contributed by atoms with van der Waals surface area (Å²) in [5.74, 6) is 1.37. The zero-order valence-electron chi connectivity index (χ0n) is 14.0. The number of anilines is 1. The Morgan fingerprint density at radius 3 is 2.56 bits per heavy atom. The van der Waals surface area contributed by atoms with E-state index in [-0.39, 0.29) is 5.91 Å². The molecule has 0 unspecified atom stereocenters. The maximum atomic E-state index is 12.4. The van der Waals surface area contributed by atoms with E-state index in [1.807, 2.05) is 18.2 Å². The molecule has 8 heteroatoms. The summed E-state index contributed by atoms with van der Waals surface area (Å²) in [7, 11) is 4.65. The van der Waals surface area contributed by atoms with Crippen molar-refractivity contribution in [3.05, 3.63) is 42.0 Å². The molecule has 3 rings (SSSR count). The van der Waals surface area contributed by atoms with Crippen molar-refractivity contribution < 1.29 is 19.0 Å². The molecule has 1 heterocycles. The average Bonchev–Trinajstić information content (AvgIpc) is 3.08. The Morgan fingerprint density at radius 2 is 1.84 bits per heavy atom. The summed E-state index contributed by atoms with van der Waals surface area (Å²) in [6.45, 7) is 0. The van der Waals surface area contributed by atoms with Gasteiger partial charge in [-0.05, 0) is 24.3 Å². The van der Waals surface area contributed by atoms with Gasteiger partial charge in [0, 0.05) is 6.07 Å². The molecule has 0 aliphatic rings. The number of nitrogens with zero attached hydrogens (tertiary/aromatic N) is 1. The Balaban J connectivity index is 1.76. The predicted octanol–water partition coefficient (Wildman–Crippen LogP) is 3.08. The number of aromatic nitrogens is 1. The average molecular weight is 359 g/mol. The Kier molecular flexibility index (Phi) is 4.90. The van der Waals surface area contributed by atoms with E-state index in [1.54, 1.807) is 32.4 Å². The van der Waals surface area contributed by atoms with E-state index in [2.05, 4.69) is 15.8 Å². The van der Waals surface area contributed by atoms with Crippen molar-refractivity contribution >= 4 is 32.6 Å². The molecule has 1 amide bonds. The Bertz CT molecular complexity index is 910. The number of fused-ring (bicyclic) bond motifs is 1. The first-order chi connectivity index (χ1) is 12.2. The highest BCUT2D eigenvalue weighted by Crippen LogP contribution is 2.31. The fourth-order valence-electron chi connectivity index (χ4n) is 2.31. The van der Waals surface area contributed by atoms with Crippen molar-refractivity contribution in [1.29, 1.82) is 0 Å². The molecule has 0 aliphatic heterocycles. The maximum absolute atomic E-state index is 12.4. The molecule has 0 saturated heterocycles. The summed E-state index contributed by atoms with van der Waals surface area (Å²) in [4.78, 5) is 16.8. The third-order valence-corrected chi connectivity index (χ3v) is 4.47. The van der Waals surface area contributed by atoms with Gasteiger partial charge in [0.05, 0.1) is 31.6 Å². The molecule has 25 heavy (non-hydrogen) atoms. The van der Waals surface area contributed by atoms with E-state index in [9.17, 15) is 4.79 Å². The number of carbonyl (C=O) groups is 1. The molecule has 7 nitrogen and oxygen atoms in total. The summed E-state index contributed by atoms with van der Waals surface area (Å²) in [6.07, 6.45) is 0. The minimum atomic E-state index is -0.342. The number of nitrogens with one attached hydrogen (secondary N) is 2. The highest BCUT2D eigenvalue weighted by molar-refractivity contribution is 7.22. The largest absolute Gasteiger partial charge is 0.497 e. The van der Waals surface area contributed by atoms with Crippen LogP contribution in [0.2, 0.25) is 0 Å². The zero-order valence-corrected chi connectivity index (χ0v) is 14.8. The molecule has 0 atom stereocenters. The van der Waals surface area contributed by atoms with Crippen LogP contribution in [0.5, 0.6) is 17.2 Å². The van der Waals surface area contributed by atoms with Crippen LogP contribution in [0.1, 0.15) is 10.4 Å². The number of carbonyl (C=O) groups excluding carboxylic acids is 1. The number of rotatable bonds is 6. The van der Waals surface area contributed by atoms with E-state index in [1.165, 1.54) is 18.4 Å². The lowest BCUT2D eigenvalue weighted by Gasteiger charge is -2.10. The second kappa shape index (κ2) is 7.27. The van der Waals surface area contributed by atoms with Crippen LogP contribution < -0.4 is 25.1 Å². The molecule has 2 aromatic carbocycles. The fourth-order valence-corrected chi connectivity index (χ4v) is 3.14. The SMILES string of the molecule is COc1ccc(C(=O)NNc2nc3c(OC)cccc3s2)c(OC)c1. The van der Waals surface area contributed by atoms with Crippen LogP contribution in [0, 0.1) is 0 Å². The molecule has 3 aromatic rings. The fraction of sp³-hybridized carbons (Fsp3) is 0.176. The summed E-state index contributed by atoms with van der Waals surface area (Å²) in [6, 6.07) is 10.7. The topological polar surface area (TPSA) is 81.7 Å². The van der Waals surface area contributed by atoms with Gasteiger partial charge in [0.2, 0.25) is 5.13 Å². The van der Waals surface area contributed by atoms with Gasteiger partial charge in [-0.25, -0.2) is 4.98 Å². The van der Waals surface area contributed by atoms with E-state index in [0.29, 0.717) is 27.9 Å². The van der Waals surface area contributed by atoms with Crippen LogP contribution in [0.25, 0.3) is 10.2 Å². The lowest BCUT2D eigenvalue weighted by Crippen LogP contribution is -2.29. The molecule has 0 fully saturated rings. The first-order valence-corrected chi connectivity index (χ1v) is 8.20. The van der Waals surface area contributed by atoms with Crippen molar-refractivity contribution in [2.75, 3.05) is 26.8 Å². The smallest absolute Gasteiger partial charge is 0.273 e. The van der Waals surface area contributed by atoms with Gasteiger partial charge in [-0.3, -0.25) is 15.6 Å². The van der Waals surface area contributed by atoms with Gasteiger partial charge in [0.1, 0.15) is 22.8 Å². The van der Waals surface area contributed by atoms with Crippen molar-refractivity contribution in [3.8, 4) is 17.2 Å². The maximum Gasteiger partial charge on any atom is 0.273 e. The second-order valence-corrected chi connectivity index (χ2v) is 6.00. The van der Waals surface area contributed by atoms with E-state index in [4.69, 9.17) is 14.2 Å². The van der Waals surface area contributed by atoms with Gasteiger partial charge < -0.3 is 14.2 Å². The predicted molar refractivity (Wildman–Crippen MR) is 96.8 cm³/mol. The van der Waals surface area contributed by atoms with E-state index < -0.39 is 0 Å². The van der Waals surface area contributed by atoms with Crippen LogP contribution in [0.3, 0.4) is 0 Å². The number of methoxy groups -OCH3 is 3. The van der Waals surface area contributed by atoms with Gasteiger partial charge in [0.15, 0.2) is 0 Å². The van der Waals surface area contributed by atoms with Gasteiger partial charge in [-0.1, -0.05) is 17.4 Å². The molecule has 2 N–H and O–H groups in total. The molecule has 130 valence electrons. The summed E-state index contributed by atoms with van der Waals surface area (Å²) >= 11 is 1.41. The van der Waals surface area contributed by atoms with Crippen molar-refractivity contribution in [1.82, 2.24) is 10.4 Å². The monoisotopic (exact) mass is 359 g/mol. The summed E-state index contributed by atoms with van der Waals surface area (Å²) in [5, 5.41) is 0.556. The lowest BCUT2D eigenvalue weighted by atomic mass is 10.2. The number of hydrogen-bond acceptors (Lipinski definition) is 7. The number of hydrazine groups is 1. The Morgan fingerprint density at radius 1 is 1.04 bits per heavy atom. The van der Waals surface area contributed by atoms with Crippen LogP contribution in [-0.4, -0.2) is 32.2 Å². The molecular weight excluding hydrogens is 342 g/mol. The van der Waals surface area contributed by atoms with E-state index in [0.717, 1.165) is 10.2 Å². The third kappa shape index (κ3) is 3.43. The van der Waals surface area contributed by atoms with Crippen molar-refractivity contribution in [2.45, 2.75) is 0 Å². The highest BCUT2D eigenvalue weighted by atomic mass is 32.1. The minimum absolute atomic E-state index is 0.342. The number of para-hydroxylation sites is 1. The van der Waals surface area contributed by atoms with Crippen LogP contribution in [0.15, 0.2) is 36.4 Å². The first kappa shape index (κ1) is 16.8. The molecular formula is C17H17N3O4S. The summed E-state index contributed by atoms with van der Waals surface area (Å²) in [5.41, 5.74) is 6.58. The molecule has 0 radical (unpaired) electrons. The first-order valence-electron chi connectivity index (χ1n) is 7.38. The quantitative estimate of drug-likeness (QED) is 0.658. The second-order valence-electron chi connectivity index (χ2n) is 4.97. The van der Waals surface area contributed by atoms with E-state index >= 15 is 0 Å². The Labute approximate surface area is 148 Å². The molecule has 0 spiro atoms. The van der Waals surface area contributed by atoms with Gasteiger partial charge in [-0.15, -0.1) is 0 Å². The van der Waals surface area contributed by atoms with Crippen LogP contribution >= 0.6 is 11.3 Å². The minimum Gasteiger partial charge on any atom is -0.497 e. The van der Waals surface area contributed by atoms with Crippen molar-refractivity contribution in [2.24, 2.45) is 0 Å². The summed E-state index contributed by atoms with van der Waals surface area (Å²) < 4.78 is 16.6. The normalized spacial score (nSPS) is 10.4. The van der Waals surface area contributed by atoms with Crippen LogP contribution in [-0.2, 0) is 0 Å². The molecule has 0 aliphatic carbocycles. The Hall–Kier alpha value is -3.00. The third-order valence-electron chi connectivity index (χ3n) is 3.54. The van der Waals surface area contributed by atoms with Crippen LogP contribution in [0.4, 0.5) is 5.13 Å². The lowest BCUT2D eigenvalue weighted by molar-refractivity contribution is 0.0959. The highest BCUT2D eigenvalue weighted by Gasteiger charge is 2.14. The van der Waals surface area contributed by atoms with Crippen molar-refractivity contribution in [3.63, 3.8) is 0 Å². The van der Waals surface area contributed by atoms with Gasteiger partial charge in [-0.2, -0.15) is 0 Å². The zero-order chi connectivity index (χ0) is 17.8. The number of benzene rings is 2. The standard InChI is InChI=1S/C17H17N3O4S/c1-22-10-7-8-11(13(9-10)24-3)16(21)19-20-17-18-15-12(23-2)5-4-6-14(15)25-17/h4-9H,1-3H3,(H,18,20)(H,19,21). The van der Waals surface area contributed by atoms with Gasteiger partial charge >= 0.3 is 0 Å². The molecule has 0 bridgehead atoms. The number of ether oxygens (including phenoxy) is 3. The van der Waals surface area contributed by atoms with Gasteiger partial charge in [0.25, 0.3) is 5.91 Å². The number of thiazole rings is 1. The number of amides is 1. The number of hydrogen-bond donors (Lipinski definition) is 2. The molecule has 1 aromatic heterocycles. The molecule has 0 saturated carbocycles.